The Bertz CT molecular complexity index is 3080. The van der Waals surface area contributed by atoms with Crippen LogP contribution in [0.4, 0.5) is 0 Å². The molecule has 0 spiro atoms. The molecule has 0 bridgehead atoms. The Hall–Kier alpha value is -7.45. The van der Waals surface area contributed by atoms with Crippen LogP contribution in [0.25, 0.3) is 83.9 Å². The molecule has 6 aromatic carbocycles. The van der Waals surface area contributed by atoms with Gasteiger partial charge in [-0.15, -0.1) is 0 Å². The number of hydrogen-bond donors (Lipinski definition) is 0. The molecule has 0 aliphatic carbocycles. The predicted molar refractivity (Wildman–Crippen MR) is 211 cm³/mol. The number of fused-ring (bicyclic) bond motifs is 6. The molecule has 0 N–H and O–H groups in total. The van der Waals surface area contributed by atoms with Gasteiger partial charge < -0.3 is 0 Å². The van der Waals surface area contributed by atoms with Gasteiger partial charge in [0.15, 0.2) is 11.6 Å². The Kier molecular flexibility index (Phi) is 6.94. The molecule has 53 heavy (non-hydrogen) atoms. The van der Waals surface area contributed by atoms with Crippen molar-refractivity contribution in [3.05, 3.63) is 191 Å². The molecule has 4 heterocycles. The Morgan fingerprint density at radius 1 is 0.415 bits per heavy atom. The third-order valence-electron chi connectivity index (χ3n) is 9.72. The van der Waals surface area contributed by atoms with Crippen LogP contribution in [0.3, 0.4) is 0 Å². The molecule has 0 unspecified atom stereocenters. The van der Waals surface area contributed by atoms with Gasteiger partial charge in [0.2, 0.25) is 5.95 Å². The molecular formula is C45H28N6O2. The number of rotatable bonds is 5. The molecule has 0 aliphatic rings. The summed E-state index contributed by atoms with van der Waals surface area (Å²) in [6.07, 6.45) is 0. The molecule has 0 atom stereocenters. The van der Waals surface area contributed by atoms with Gasteiger partial charge in [0.05, 0.1) is 22.1 Å². The first-order valence-electron chi connectivity index (χ1n) is 17.3. The lowest BCUT2D eigenvalue weighted by molar-refractivity contribution is 0.937. The average molecular weight is 685 g/mol. The Labute approximate surface area is 302 Å². The lowest BCUT2D eigenvalue weighted by Gasteiger charge is -2.19. The number of para-hydroxylation sites is 3. The summed E-state index contributed by atoms with van der Waals surface area (Å²) in [5, 5.41) is 1.94. The molecule has 4 aromatic heterocycles. The van der Waals surface area contributed by atoms with Crippen LogP contribution in [0, 0.1) is 0 Å². The smallest absolute Gasteiger partial charge is 0.272 e. The molecular weight excluding hydrogens is 657 g/mol. The molecule has 0 radical (unpaired) electrons. The molecule has 0 saturated carbocycles. The molecule has 0 amide bonds. The van der Waals surface area contributed by atoms with E-state index in [1.165, 1.54) is 0 Å². The van der Waals surface area contributed by atoms with Crippen LogP contribution < -0.4 is 11.1 Å². The van der Waals surface area contributed by atoms with E-state index >= 15 is 4.79 Å². The molecule has 0 aliphatic heterocycles. The zero-order valence-electron chi connectivity index (χ0n) is 28.2. The summed E-state index contributed by atoms with van der Waals surface area (Å²) in [5.74, 6) is 1.27. The first kappa shape index (κ1) is 30.4. The number of aromatic nitrogens is 6. The first-order chi connectivity index (χ1) is 26.2. The molecule has 10 aromatic rings. The van der Waals surface area contributed by atoms with Crippen molar-refractivity contribution >= 4 is 38.4 Å². The quantitative estimate of drug-likeness (QED) is 0.169. The third-order valence-corrected chi connectivity index (χ3v) is 9.72. The normalized spacial score (nSPS) is 11.5. The minimum atomic E-state index is -0.310. The maximum Gasteiger partial charge on any atom is 0.281 e. The van der Waals surface area contributed by atoms with Crippen LogP contribution in [-0.4, -0.2) is 28.5 Å². The largest absolute Gasteiger partial charge is 0.281 e. The first-order valence-corrected chi connectivity index (χ1v) is 17.3. The van der Waals surface area contributed by atoms with Crippen LogP contribution in [0.15, 0.2) is 179 Å². The zero-order valence-corrected chi connectivity index (χ0v) is 28.2. The highest BCUT2D eigenvalue weighted by Gasteiger charge is 2.28. The van der Waals surface area contributed by atoms with Crippen LogP contribution >= 0.6 is 0 Å². The van der Waals surface area contributed by atoms with Gasteiger partial charge in [-0.2, -0.15) is 9.97 Å². The van der Waals surface area contributed by atoms with Crippen LogP contribution in [0.1, 0.15) is 0 Å². The van der Waals surface area contributed by atoms with E-state index in [4.69, 9.17) is 15.0 Å². The molecule has 8 nitrogen and oxygen atoms in total. The number of hydrogen-bond acceptors (Lipinski definition) is 5. The van der Waals surface area contributed by atoms with Crippen molar-refractivity contribution in [1.29, 1.82) is 0 Å². The van der Waals surface area contributed by atoms with Crippen molar-refractivity contribution in [3.63, 3.8) is 0 Å². The van der Waals surface area contributed by atoms with Crippen molar-refractivity contribution in [1.82, 2.24) is 28.5 Å². The second-order valence-electron chi connectivity index (χ2n) is 12.8. The van der Waals surface area contributed by atoms with Crippen molar-refractivity contribution < 1.29 is 0 Å². The van der Waals surface area contributed by atoms with E-state index in [1.807, 2.05) is 168 Å². The Morgan fingerprint density at radius 3 is 1.51 bits per heavy atom. The summed E-state index contributed by atoms with van der Waals surface area (Å²) < 4.78 is 5.21. The number of pyridine rings is 1. The van der Waals surface area contributed by atoms with Crippen molar-refractivity contribution in [2.24, 2.45) is 0 Å². The van der Waals surface area contributed by atoms with Gasteiger partial charge in [-0.05, 0) is 35.9 Å². The van der Waals surface area contributed by atoms with E-state index in [9.17, 15) is 4.79 Å². The highest BCUT2D eigenvalue weighted by atomic mass is 16.1. The summed E-state index contributed by atoms with van der Waals surface area (Å²) >= 11 is 0. The lowest BCUT2D eigenvalue weighted by Crippen LogP contribution is -2.28. The van der Waals surface area contributed by atoms with Crippen LogP contribution in [0.5, 0.6) is 0 Å². The van der Waals surface area contributed by atoms with E-state index in [0.29, 0.717) is 50.7 Å². The Morgan fingerprint density at radius 2 is 0.906 bits per heavy atom. The molecule has 8 heteroatoms. The topological polar surface area (TPSA) is 87.1 Å². The summed E-state index contributed by atoms with van der Waals surface area (Å²) in [6, 6.07) is 54.2. The maximum absolute atomic E-state index is 15.6. The minimum Gasteiger partial charge on any atom is -0.272 e. The highest BCUT2D eigenvalue weighted by molar-refractivity contribution is 6.18. The van der Waals surface area contributed by atoms with Gasteiger partial charge in [-0.3, -0.25) is 23.1 Å². The third kappa shape index (κ3) is 4.73. The van der Waals surface area contributed by atoms with E-state index in [2.05, 4.69) is 0 Å². The van der Waals surface area contributed by atoms with Crippen LogP contribution in [0.2, 0.25) is 0 Å². The molecule has 0 fully saturated rings. The summed E-state index contributed by atoms with van der Waals surface area (Å²) in [6.45, 7) is 0. The number of benzene rings is 6. The molecule has 0 saturated heterocycles. The van der Waals surface area contributed by atoms with Gasteiger partial charge in [-0.25, -0.2) is 4.98 Å². The fourth-order valence-corrected chi connectivity index (χ4v) is 7.42. The van der Waals surface area contributed by atoms with E-state index in [0.717, 1.165) is 33.2 Å². The second kappa shape index (κ2) is 12.1. The van der Waals surface area contributed by atoms with Gasteiger partial charge in [0.1, 0.15) is 11.2 Å². The SMILES string of the molecule is O=c1c2ccccc2n2c(=O)c3c(c(-c4ccccc4)c2n1-c1ccccc1)c1ccccc1n3-c1nc(-c2ccccc2)nc(-c2ccccc2)n1. The minimum absolute atomic E-state index is 0.219. The van der Waals surface area contributed by atoms with Gasteiger partial charge >= 0.3 is 0 Å². The van der Waals surface area contributed by atoms with Crippen molar-refractivity contribution in [2.75, 3.05) is 0 Å². The van der Waals surface area contributed by atoms with Gasteiger partial charge in [0, 0.05) is 27.5 Å². The second-order valence-corrected chi connectivity index (χ2v) is 12.8. The predicted octanol–water partition coefficient (Wildman–Crippen LogP) is 8.89. The fraction of sp³-hybridized carbons (Fsp3) is 0. The highest BCUT2D eigenvalue weighted by Crippen LogP contribution is 2.40. The zero-order chi connectivity index (χ0) is 35.5. The average Bonchev–Trinajstić information content (AvgIpc) is 3.58. The van der Waals surface area contributed by atoms with Crippen LogP contribution in [-0.2, 0) is 0 Å². The van der Waals surface area contributed by atoms with Gasteiger partial charge in [0.25, 0.3) is 11.1 Å². The van der Waals surface area contributed by atoms with Gasteiger partial charge in [-0.1, -0.05) is 140 Å². The molecule has 10 rings (SSSR count). The van der Waals surface area contributed by atoms with Crippen molar-refractivity contribution in [3.8, 4) is 45.5 Å². The van der Waals surface area contributed by atoms with E-state index in [1.54, 1.807) is 15.0 Å². The summed E-state index contributed by atoms with van der Waals surface area (Å²) in [4.78, 5) is 45.3. The lowest BCUT2D eigenvalue weighted by atomic mass is 10.00. The van der Waals surface area contributed by atoms with Crippen molar-refractivity contribution in [2.45, 2.75) is 0 Å². The Balaban J connectivity index is 1.47. The summed E-state index contributed by atoms with van der Waals surface area (Å²) in [7, 11) is 0. The fourth-order valence-electron chi connectivity index (χ4n) is 7.42. The number of nitrogens with zero attached hydrogens (tertiary/aromatic N) is 6. The molecule has 250 valence electrons. The van der Waals surface area contributed by atoms with E-state index < -0.39 is 0 Å². The maximum atomic E-state index is 15.6. The monoisotopic (exact) mass is 684 g/mol. The standard InChI is InChI=1S/C45H28N6O2/c52-43-34-26-14-16-28-36(34)51-42(49(43)32-23-11-4-12-24-32)37(29-17-5-1-6-18-29)38-33-25-13-15-27-35(33)50(39(38)44(51)53)45-47-40(30-19-7-2-8-20-30)46-41(48-45)31-21-9-3-10-22-31/h1-28H. The summed E-state index contributed by atoms with van der Waals surface area (Å²) in [5.41, 5.74) is 5.45. The van der Waals surface area contributed by atoms with E-state index in [-0.39, 0.29) is 11.1 Å².